The van der Waals surface area contributed by atoms with Crippen LogP contribution in [-0.2, 0) is 0 Å². The molecular formula is C14H12ClNO3. The molecule has 0 atom stereocenters. The van der Waals surface area contributed by atoms with Crippen molar-refractivity contribution in [3.8, 4) is 11.5 Å². The highest BCUT2D eigenvalue weighted by atomic mass is 35.5. The zero-order chi connectivity index (χ0) is 14.0. The molecule has 3 N–H and O–H groups in total. The number of anilines is 1. The molecule has 0 aliphatic heterocycles. The van der Waals surface area contributed by atoms with E-state index in [1.54, 1.807) is 19.1 Å². The minimum atomic E-state index is -0.449. The highest BCUT2D eigenvalue weighted by Gasteiger charge is 2.13. The first-order valence-corrected chi connectivity index (χ1v) is 5.95. The normalized spacial score (nSPS) is 10.2. The third kappa shape index (κ3) is 2.80. The summed E-state index contributed by atoms with van der Waals surface area (Å²) in [5.74, 6) is -0.392. The Hall–Kier alpha value is -2.20. The molecule has 0 unspecified atom stereocenters. The summed E-state index contributed by atoms with van der Waals surface area (Å²) in [5.41, 5.74) is 1.22. The number of aromatic hydroxyl groups is 2. The van der Waals surface area contributed by atoms with Crippen LogP contribution in [0.2, 0.25) is 5.02 Å². The maximum Gasteiger partial charge on any atom is 0.257 e. The summed E-state index contributed by atoms with van der Waals surface area (Å²) < 4.78 is 0. The van der Waals surface area contributed by atoms with Gasteiger partial charge >= 0.3 is 0 Å². The van der Waals surface area contributed by atoms with Crippen molar-refractivity contribution in [3.63, 3.8) is 0 Å². The molecule has 2 aromatic carbocycles. The van der Waals surface area contributed by atoms with Gasteiger partial charge < -0.3 is 15.5 Å². The lowest BCUT2D eigenvalue weighted by Gasteiger charge is -2.10. The number of benzene rings is 2. The Bertz CT molecular complexity index is 641. The van der Waals surface area contributed by atoms with E-state index in [0.29, 0.717) is 11.3 Å². The number of phenols is 2. The summed E-state index contributed by atoms with van der Waals surface area (Å²) in [5, 5.41) is 21.8. The summed E-state index contributed by atoms with van der Waals surface area (Å²) in [6, 6.07) is 8.97. The molecule has 1 amide bonds. The van der Waals surface area contributed by atoms with E-state index < -0.39 is 5.91 Å². The Balaban J connectivity index is 2.31. The third-order valence-corrected chi connectivity index (χ3v) is 3.08. The fraction of sp³-hybridized carbons (Fsp3) is 0.0714. The van der Waals surface area contributed by atoms with E-state index in [4.69, 9.17) is 11.6 Å². The molecule has 2 aromatic rings. The van der Waals surface area contributed by atoms with Gasteiger partial charge in [0.15, 0.2) is 0 Å². The van der Waals surface area contributed by atoms with E-state index in [1.165, 1.54) is 24.3 Å². The highest BCUT2D eigenvalue weighted by Crippen LogP contribution is 2.26. The average Bonchev–Trinajstić information content (AvgIpc) is 2.38. The molecule has 0 aliphatic rings. The summed E-state index contributed by atoms with van der Waals surface area (Å²) >= 11 is 5.91. The van der Waals surface area contributed by atoms with Gasteiger partial charge in [-0.2, -0.15) is 0 Å². The molecule has 19 heavy (non-hydrogen) atoms. The summed E-state index contributed by atoms with van der Waals surface area (Å²) in [6.45, 7) is 1.69. The zero-order valence-corrected chi connectivity index (χ0v) is 10.9. The first kappa shape index (κ1) is 13.2. The largest absolute Gasteiger partial charge is 0.508 e. The number of carbonyl (C=O) groups excluding carboxylic acids is 1. The second-order valence-electron chi connectivity index (χ2n) is 4.07. The van der Waals surface area contributed by atoms with Crippen molar-refractivity contribution < 1.29 is 15.0 Å². The molecular weight excluding hydrogens is 266 g/mol. The quantitative estimate of drug-likeness (QED) is 0.789. The number of hydrogen-bond acceptors (Lipinski definition) is 3. The van der Waals surface area contributed by atoms with Gasteiger partial charge in [0.1, 0.15) is 11.5 Å². The summed E-state index contributed by atoms with van der Waals surface area (Å²) in [6.07, 6.45) is 0. The smallest absolute Gasteiger partial charge is 0.257 e. The van der Waals surface area contributed by atoms with E-state index in [-0.39, 0.29) is 22.1 Å². The number of hydrogen-bond donors (Lipinski definition) is 3. The summed E-state index contributed by atoms with van der Waals surface area (Å²) in [7, 11) is 0. The first-order valence-electron chi connectivity index (χ1n) is 5.57. The molecule has 0 saturated heterocycles. The van der Waals surface area contributed by atoms with Gasteiger partial charge in [-0.05, 0) is 37.3 Å². The molecule has 0 saturated carbocycles. The molecule has 0 radical (unpaired) electrons. The van der Waals surface area contributed by atoms with E-state index in [2.05, 4.69) is 5.32 Å². The maximum atomic E-state index is 12.1. The molecule has 2 rings (SSSR count). The van der Waals surface area contributed by atoms with Crippen LogP contribution in [-0.4, -0.2) is 16.1 Å². The second kappa shape index (κ2) is 5.20. The number of rotatable bonds is 2. The predicted molar refractivity (Wildman–Crippen MR) is 73.9 cm³/mol. The van der Waals surface area contributed by atoms with E-state index in [9.17, 15) is 15.0 Å². The Kier molecular flexibility index (Phi) is 3.62. The molecule has 0 aliphatic carbocycles. The van der Waals surface area contributed by atoms with Crippen molar-refractivity contribution in [2.45, 2.75) is 6.92 Å². The van der Waals surface area contributed by atoms with Crippen molar-refractivity contribution in [3.05, 3.63) is 52.5 Å². The summed E-state index contributed by atoms with van der Waals surface area (Å²) in [4.78, 5) is 12.1. The van der Waals surface area contributed by atoms with Gasteiger partial charge in [0.2, 0.25) is 0 Å². The Morgan fingerprint density at radius 2 is 1.95 bits per heavy atom. The lowest BCUT2D eigenvalue weighted by atomic mass is 10.1. The SMILES string of the molecule is Cc1c(O)cccc1NC(=O)c1cc(O)ccc1Cl. The number of amides is 1. The molecule has 5 heteroatoms. The Labute approximate surface area is 115 Å². The predicted octanol–water partition coefficient (Wildman–Crippen LogP) is 3.31. The van der Waals surface area contributed by atoms with Gasteiger partial charge in [-0.15, -0.1) is 0 Å². The number of nitrogens with one attached hydrogen (secondary N) is 1. The van der Waals surface area contributed by atoms with Crippen molar-refractivity contribution in [2.75, 3.05) is 5.32 Å². The van der Waals surface area contributed by atoms with Crippen LogP contribution < -0.4 is 5.32 Å². The van der Waals surface area contributed by atoms with Crippen LogP contribution in [0.4, 0.5) is 5.69 Å². The van der Waals surface area contributed by atoms with Gasteiger partial charge in [0.25, 0.3) is 5.91 Å². The van der Waals surface area contributed by atoms with Crippen molar-refractivity contribution in [1.29, 1.82) is 0 Å². The first-order chi connectivity index (χ1) is 8.99. The molecule has 0 aromatic heterocycles. The average molecular weight is 278 g/mol. The molecule has 0 bridgehead atoms. The van der Waals surface area contributed by atoms with Crippen LogP contribution in [0, 0.1) is 6.92 Å². The standard InChI is InChI=1S/C14H12ClNO3/c1-8-12(3-2-4-13(8)18)16-14(19)10-7-9(17)5-6-11(10)15/h2-7,17-18H,1H3,(H,16,19). The van der Waals surface area contributed by atoms with Gasteiger partial charge in [-0.1, -0.05) is 17.7 Å². The number of halogens is 1. The molecule has 0 fully saturated rings. The maximum absolute atomic E-state index is 12.1. The van der Waals surface area contributed by atoms with Gasteiger partial charge in [0, 0.05) is 11.3 Å². The second-order valence-corrected chi connectivity index (χ2v) is 4.48. The fourth-order valence-electron chi connectivity index (χ4n) is 1.64. The topological polar surface area (TPSA) is 69.6 Å². The molecule has 0 heterocycles. The van der Waals surface area contributed by atoms with Crippen LogP contribution >= 0.6 is 11.6 Å². The number of phenolic OH excluding ortho intramolecular Hbond substituents is 2. The van der Waals surface area contributed by atoms with Crippen molar-refractivity contribution >= 4 is 23.2 Å². The van der Waals surface area contributed by atoms with Crippen LogP contribution in [0.25, 0.3) is 0 Å². The molecule has 0 spiro atoms. The molecule has 4 nitrogen and oxygen atoms in total. The van der Waals surface area contributed by atoms with Crippen LogP contribution in [0.15, 0.2) is 36.4 Å². The third-order valence-electron chi connectivity index (χ3n) is 2.75. The highest BCUT2D eigenvalue weighted by molar-refractivity contribution is 6.34. The van der Waals surface area contributed by atoms with E-state index >= 15 is 0 Å². The van der Waals surface area contributed by atoms with Crippen molar-refractivity contribution in [2.24, 2.45) is 0 Å². The van der Waals surface area contributed by atoms with E-state index in [1.807, 2.05) is 0 Å². The lowest BCUT2D eigenvalue weighted by molar-refractivity contribution is 0.102. The van der Waals surface area contributed by atoms with Gasteiger partial charge in [-0.25, -0.2) is 0 Å². The number of carbonyl (C=O) groups is 1. The minimum absolute atomic E-state index is 0.0396. The fourth-order valence-corrected chi connectivity index (χ4v) is 1.84. The van der Waals surface area contributed by atoms with Gasteiger partial charge in [0.05, 0.1) is 10.6 Å². The molecule has 98 valence electrons. The zero-order valence-electron chi connectivity index (χ0n) is 10.1. The Morgan fingerprint density at radius 1 is 1.21 bits per heavy atom. The van der Waals surface area contributed by atoms with Crippen molar-refractivity contribution in [1.82, 2.24) is 0 Å². The van der Waals surface area contributed by atoms with Crippen LogP contribution in [0.3, 0.4) is 0 Å². The lowest BCUT2D eigenvalue weighted by Crippen LogP contribution is -2.13. The van der Waals surface area contributed by atoms with Crippen LogP contribution in [0.1, 0.15) is 15.9 Å². The van der Waals surface area contributed by atoms with Crippen LogP contribution in [0.5, 0.6) is 11.5 Å². The van der Waals surface area contributed by atoms with Gasteiger partial charge in [-0.3, -0.25) is 4.79 Å². The van der Waals surface area contributed by atoms with E-state index in [0.717, 1.165) is 0 Å². The monoisotopic (exact) mass is 277 g/mol. The Morgan fingerprint density at radius 3 is 2.68 bits per heavy atom. The minimum Gasteiger partial charge on any atom is -0.508 e.